The molecule has 12 heteroatoms. The van der Waals surface area contributed by atoms with Crippen molar-refractivity contribution < 1.29 is 27.5 Å². The van der Waals surface area contributed by atoms with Gasteiger partial charge in [0.15, 0.2) is 5.82 Å². The van der Waals surface area contributed by atoms with Gasteiger partial charge in [-0.3, -0.25) is 4.84 Å². The maximum atomic E-state index is 12.4. The van der Waals surface area contributed by atoms with Crippen LogP contribution in [0.25, 0.3) is 17.1 Å². The molecule has 158 valence electrons. The third-order valence-corrected chi connectivity index (χ3v) is 3.87. The van der Waals surface area contributed by atoms with E-state index in [9.17, 15) is 18.0 Å². The predicted molar refractivity (Wildman–Crippen MR) is 102 cm³/mol. The third-order valence-electron chi connectivity index (χ3n) is 3.87. The van der Waals surface area contributed by atoms with Crippen LogP contribution >= 0.6 is 0 Å². The lowest BCUT2D eigenvalue weighted by molar-refractivity contribution is -0.274. The summed E-state index contributed by atoms with van der Waals surface area (Å²) in [7, 11) is 3.04. The number of rotatable bonds is 6. The Morgan fingerprint density at radius 2 is 1.77 bits per heavy atom. The molecule has 0 saturated carbocycles. The Kier molecular flexibility index (Phi) is 5.78. The maximum absolute atomic E-state index is 12.4. The molecule has 0 atom stereocenters. The summed E-state index contributed by atoms with van der Waals surface area (Å²) < 4.78 is 42.4. The number of primary amides is 1. The van der Waals surface area contributed by atoms with Crippen LogP contribution in [-0.2, 0) is 4.84 Å². The molecule has 3 aromatic rings. The third kappa shape index (κ3) is 4.97. The monoisotopic (exact) mass is 422 g/mol. The molecule has 9 nitrogen and oxygen atoms in total. The van der Waals surface area contributed by atoms with Crippen molar-refractivity contribution in [2.45, 2.75) is 6.36 Å². The van der Waals surface area contributed by atoms with E-state index in [0.717, 1.165) is 0 Å². The molecule has 3 rings (SSSR count). The van der Waals surface area contributed by atoms with E-state index in [2.05, 4.69) is 20.1 Å². The number of nitrogens with zero attached hydrogens (tertiary/aromatic N) is 4. The van der Waals surface area contributed by atoms with Gasteiger partial charge in [-0.1, -0.05) is 0 Å². The molecule has 1 aromatic heterocycles. The number of nitrogens with two attached hydrogens (primary N) is 1. The Morgan fingerprint density at radius 3 is 2.30 bits per heavy atom. The molecule has 2 aromatic carbocycles. The Bertz CT molecular complexity index is 1020. The van der Waals surface area contributed by atoms with Crippen LogP contribution in [0.15, 0.2) is 48.5 Å². The number of benzene rings is 2. The molecule has 0 aliphatic heterocycles. The number of aromatic nitrogens is 3. The molecule has 1 heterocycles. The molecule has 2 amide bonds. The van der Waals surface area contributed by atoms with Crippen LogP contribution in [-0.4, -0.2) is 41.3 Å². The van der Waals surface area contributed by atoms with Crippen LogP contribution in [0, 0.1) is 0 Å². The molecule has 0 unspecified atom stereocenters. The van der Waals surface area contributed by atoms with Gasteiger partial charge in [0.2, 0.25) is 0 Å². The number of nitrogens with one attached hydrogen (secondary N) is 1. The largest absolute Gasteiger partial charge is 0.573 e. The SMILES string of the molecule is CON(C)c1nc(-c2ccc(NC(N)=O)cc2)nn1-c1ccc(OC(F)(F)F)cc1. The number of hydroxylamine groups is 1. The van der Waals surface area contributed by atoms with Crippen LogP contribution in [0.4, 0.5) is 29.6 Å². The highest BCUT2D eigenvalue weighted by Crippen LogP contribution is 2.27. The number of halogens is 3. The van der Waals surface area contributed by atoms with Gasteiger partial charge in [-0.25, -0.2) is 9.86 Å². The molecule has 3 N–H and O–H groups in total. The van der Waals surface area contributed by atoms with Crippen LogP contribution in [0.2, 0.25) is 0 Å². The fraction of sp³-hybridized carbons (Fsp3) is 0.167. The molecule has 30 heavy (non-hydrogen) atoms. The summed E-state index contributed by atoms with van der Waals surface area (Å²) in [4.78, 5) is 20.5. The number of carbonyl (C=O) groups excluding carboxylic acids is 1. The Balaban J connectivity index is 1.94. The molecule has 0 aliphatic carbocycles. The zero-order valence-electron chi connectivity index (χ0n) is 15.8. The van der Waals surface area contributed by atoms with Gasteiger partial charge in [0.05, 0.1) is 12.8 Å². The number of alkyl halides is 3. The van der Waals surface area contributed by atoms with Crippen molar-refractivity contribution in [3.63, 3.8) is 0 Å². The number of ether oxygens (including phenoxy) is 1. The second-order valence-electron chi connectivity index (χ2n) is 5.94. The summed E-state index contributed by atoms with van der Waals surface area (Å²) >= 11 is 0. The van der Waals surface area contributed by atoms with Crippen LogP contribution in [0.3, 0.4) is 0 Å². The fourth-order valence-corrected chi connectivity index (χ4v) is 2.52. The average Bonchev–Trinajstić information content (AvgIpc) is 3.12. The number of urea groups is 1. The van der Waals surface area contributed by atoms with E-state index >= 15 is 0 Å². The molecule has 0 bridgehead atoms. The van der Waals surface area contributed by atoms with Crippen LogP contribution < -0.4 is 20.9 Å². The molecular formula is C18H17F3N6O3. The number of anilines is 2. The lowest BCUT2D eigenvalue weighted by Gasteiger charge is -2.15. The van der Waals surface area contributed by atoms with Crippen molar-refractivity contribution in [3.05, 3.63) is 48.5 Å². The minimum Gasteiger partial charge on any atom is -0.406 e. The molecule has 0 aliphatic rings. The van der Waals surface area contributed by atoms with Gasteiger partial charge in [-0.05, 0) is 48.5 Å². The zero-order chi connectivity index (χ0) is 21.9. The van der Waals surface area contributed by atoms with E-state index in [1.165, 1.54) is 41.1 Å². The number of hydrogen-bond acceptors (Lipinski definition) is 6. The summed E-state index contributed by atoms with van der Waals surface area (Å²) in [5.74, 6) is 0.261. The predicted octanol–water partition coefficient (Wildman–Crippen LogP) is 3.32. The number of amides is 2. The summed E-state index contributed by atoms with van der Waals surface area (Å²) in [5, 5.41) is 8.22. The molecule has 0 saturated heterocycles. The number of hydrogen-bond donors (Lipinski definition) is 2. The topological polar surface area (TPSA) is 108 Å². The first-order chi connectivity index (χ1) is 14.2. The smallest absolute Gasteiger partial charge is 0.406 e. The van der Waals surface area contributed by atoms with Crippen LogP contribution in [0.5, 0.6) is 5.75 Å². The van der Waals surface area contributed by atoms with Crippen molar-refractivity contribution in [2.24, 2.45) is 5.73 Å². The van der Waals surface area contributed by atoms with Gasteiger partial charge < -0.3 is 15.8 Å². The Labute approximate surface area is 168 Å². The quantitative estimate of drug-likeness (QED) is 0.590. The molecule has 0 radical (unpaired) electrons. The average molecular weight is 422 g/mol. The first-order valence-electron chi connectivity index (χ1n) is 8.44. The highest BCUT2D eigenvalue weighted by atomic mass is 19.4. The Hall–Kier alpha value is -3.80. The van der Waals surface area contributed by atoms with Crippen LogP contribution in [0.1, 0.15) is 0 Å². The highest BCUT2D eigenvalue weighted by Gasteiger charge is 2.31. The van der Waals surface area contributed by atoms with Gasteiger partial charge in [-0.15, -0.1) is 18.3 Å². The lowest BCUT2D eigenvalue weighted by atomic mass is 10.2. The van der Waals surface area contributed by atoms with Gasteiger partial charge >= 0.3 is 12.4 Å². The standard InChI is InChI=1S/C18H17F3N6O3/c1-26(29-2)17-24-15(11-3-5-12(6-4-11)23-16(22)28)25-27(17)13-7-9-14(10-8-13)30-18(19,20)21/h3-10H,1-2H3,(H3,22,23,28). The van der Waals surface area contributed by atoms with Gasteiger partial charge in [0, 0.05) is 18.3 Å². The Morgan fingerprint density at radius 1 is 1.13 bits per heavy atom. The molecule has 0 spiro atoms. The summed E-state index contributed by atoms with van der Waals surface area (Å²) in [6.45, 7) is 0. The van der Waals surface area contributed by atoms with Crippen molar-refractivity contribution in [3.8, 4) is 22.8 Å². The second kappa shape index (κ2) is 8.29. The summed E-state index contributed by atoms with van der Waals surface area (Å²) in [6, 6.07) is 11.1. The van der Waals surface area contributed by atoms with Gasteiger partial charge in [0.25, 0.3) is 5.95 Å². The van der Waals surface area contributed by atoms with E-state index in [1.807, 2.05) is 0 Å². The zero-order valence-corrected chi connectivity index (χ0v) is 15.8. The van der Waals surface area contributed by atoms with Crippen molar-refractivity contribution >= 4 is 17.7 Å². The van der Waals surface area contributed by atoms with Crippen molar-refractivity contribution in [1.29, 1.82) is 0 Å². The summed E-state index contributed by atoms with van der Waals surface area (Å²) in [5.41, 5.74) is 6.66. The van der Waals surface area contributed by atoms with Gasteiger partial charge in [0.1, 0.15) is 5.75 Å². The summed E-state index contributed by atoms with van der Waals surface area (Å²) in [6.07, 6.45) is -4.78. The van der Waals surface area contributed by atoms with E-state index in [-0.39, 0.29) is 11.7 Å². The van der Waals surface area contributed by atoms with E-state index in [0.29, 0.717) is 22.8 Å². The normalized spacial score (nSPS) is 11.2. The minimum atomic E-state index is -4.78. The first kappa shape index (κ1) is 20.9. The highest BCUT2D eigenvalue weighted by molar-refractivity contribution is 5.88. The lowest BCUT2D eigenvalue weighted by Crippen LogP contribution is -2.19. The molecule has 0 fully saturated rings. The fourth-order valence-electron chi connectivity index (χ4n) is 2.52. The van der Waals surface area contributed by atoms with E-state index in [1.54, 1.807) is 31.3 Å². The van der Waals surface area contributed by atoms with E-state index < -0.39 is 12.4 Å². The first-order valence-corrected chi connectivity index (χ1v) is 8.44. The van der Waals surface area contributed by atoms with Gasteiger partial charge in [-0.2, -0.15) is 9.67 Å². The second-order valence-corrected chi connectivity index (χ2v) is 5.94. The maximum Gasteiger partial charge on any atom is 0.573 e. The van der Waals surface area contributed by atoms with E-state index in [4.69, 9.17) is 10.6 Å². The minimum absolute atomic E-state index is 0.288. The van der Waals surface area contributed by atoms with Crippen molar-refractivity contribution in [2.75, 3.05) is 24.5 Å². The van der Waals surface area contributed by atoms with Crippen molar-refractivity contribution in [1.82, 2.24) is 14.8 Å². The molecular weight excluding hydrogens is 405 g/mol. The number of carbonyl (C=O) groups is 1.